The number of amides is 2. The van der Waals surface area contributed by atoms with Gasteiger partial charge in [0.25, 0.3) is 5.91 Å². The molecule has 1 aromatic heterocycles. The molecule has 0 aliphatic heterocycles. The zero-order valence-corrected chi connectivity index (χ0v) is 14.6. The van der Waals surface area contributed by atoms with Crippen LogP contribution in [0, 0.1) is 5.82 Å². The van der Waals surface area contributed by atoms with Crippen molar-refractivity contribution in [2.45, 2.75) is 32.9 Å². The molecule has 0 unspecified atom stereocenters. The lowest BCUT2D eigenvalue weighted by Crippen LogP contribution is -2.47. The summed E-state index contributed by atoms with van der Waals surface area (Å²) in [6, 6.07) is 6.15. The molecule has 128 valence electrons. The Kier molecular flexibility index (Phi) is 5.61. The van der Waals surface area contributed by atoms with E-state index in [0.29, 0.717) is 5.56 Å². The number of carbonyl (C=O) groups excluding carboxylic acids is 2. The second-order valence-electron chi connectivity index (χ2n) is 6.34. The van der Waals surface area contributed by atoms with Gasteiger partial charge in [-0.15, -0.1) is 5.10 Å². The van der Waals surface area contributed by atoms with Crippen molar-refractivity contribution in [1.82, 2.24) is 19.8 Å². The largest absolute Gasteiger partial charge is 0.350 e. The molecule has 0 spiro atoms. The van der Waals surface area contributed by atoms with Crippen molar-refractivity contribution in [3.05, 3.63) is 46.7 Å². The van der Waals surface area contributed by atoms with E-state index in [-0.39, 0.29) is 24.7 Å². The van der Waals surface area contributed by atoms with Gasteiger partial charge >= 0.3 is 0 Å². The van der Waals surface area contributed by atoms with Crippen LogP contribution in [0.2, 0.25) is 0 Å². The first-order chi connectivity index (χ1) is 11.3. The van der Waals surface area contributed by atoms with Crippen LogP contribution in [0.3, 0.4) is 0 Å². The van der Waals surface area contributed by atoms with E-state index in [1.807, 2.05) is 20.8 Å². The summed E-state index contributed by atoms with van der Waals surface area (Å²) in [5.74, 6) is -1.21. The molecule has 1 N–H and O–H groups in total. The fourth-order valence-corrected chi connectivity index (χ4v) is 2.51. The number of nitrogens with one attached hydrogen (secondary N) is 1. The van der Waals surface area contributed by atoms with E-state index in [1.165, 1.54) is 16.3 Å². The summed E-state index contributed by atoms with van der Waals surface area (Å²) in [5, 5.41) is 8.02. The zero-order chi connectivity index (χ0) is 17.7. The summed E-state index contributed by atoms with van der Waals surface area (Å²) in [5.41, 5.74) is 0.0453. The molecule has 0 radical (unpaired) electrons. The van der Waals surface area contributed by atoms with Crippen molar-refractivity contribution in [3.63, 3.8) is 0 Å². The van der Waals surface area contributed by atoms with Gasteiger partial charge < -0.3 is 10.2 Å². The first-order valence-electron chi connectivity index (χ1n) is 7.37. The van der Waals surface area contributed by atoms with Crippen LogP contribution < -0.4 is 5.32 Å². The molecule has 2 aromatic rings. The van der Waals surface area contributed by atoms with Crippen molar-refractivity contribution in [1.29, 1.82) is 0 Å². The Morgan fingerprint density at radius 2 is 2.00 bits per heavy atom. The summed E-state index contributed by atoms with van der Waals surface area (Å²) in [4.78, 5) is 26.0. The van der Waals surface area contributed by atoms with E-state index in [4.69, 9.17) is 0 Å². The highest BCUT2D eigenvalue weighted by atomic mass is 32.1. The highest BCUT2D eigenvalue weighted by molar-refractivity contribution is 7.03. The van der Waals surface area contributed by atoms with Crippen LogP contribution in [0.4, 0.5) is 4.39 Å². The van der Waals surface area contributed by atoms with Crippen molar-refractivity contribution >= 4 is 23.3 Å². The Morgan fingerprint density at radius 3 is 2.58 bits per heavy atom. The molecule has 1 aromatic carbocycles. The molecule has 0 fully saturated rings. The van der Waals surface area contributed by atoms with E-state index in [1.54, 1.807) is 18.2 Å². The van der Waals surface area contributed by atoms with Gasteiger partial charge in [0, 0.05) is 23.0 Å². The third-order valence-electron chi connectivity index (χ3n) is 3.03. The molecule has 0 saturated carbocycles. The minimum absolute atomic E-state index is 0.0272. The molecule has 6 nitrogen and oxygen atoms in total. The fraction of sp³-hybridized carbons (Fsp3) is 0.375. The highest BCUT2D eigenvalue weighted by Gasteiger charge is 2.24. The lowest BCUT2D eigenvalue weighted by molar-refractivity contribution is -0.123. The van der Waals surface area contributed by atoms with Crippen LogP contribution in [0.25, 0.3) is 0 Å². The number of hydrogen-bond donors (Lipinski definition) is 1. The topological polar surface area (TPSA) is 75.2 Å². The molecule has 0 aliphatic rings. The van der Waals surface area contributed by atoms with E-state index in [2.05, 4.69) is 14.9 Å². The number of aromatic nitrogens is 2. The van der Waals surface area contributed by atoms with Crippen LogP contribution in [0.5, 0.6) is 0 Å². The normalized spacial score (nSPS) is 11.2. The Labute approximate surface area is 143 Å². The van der Waals surface area contributed by atoms with Gasteiger partial charge in [-0.2, -0.15) is 0 Å². The van der Waals surface area contributed by atoms with Crippen LogP contribution in [-0.2, 0) is 11.3 Å². The Bertz CT molecular complexity index is 713. The quantitative estimate of drug-likeness (QED) is 0.897. The first-order valence-corrected chi connectivity index (χ1v) is 8.20. The van der Waals surface area contributed by atoms with E-state index < -0.39 is 17.3 Å². The van der Waals surface area contributed by atoms with Gasteiger partial charge in [-0.3, -0.25) is 9.59 Å². The minimum Gasteiger partial charge on any atom is -0.350 e. The maximum atomic E-state index is 13.9. The third-order valence-corrected chi connectivity index (χ3v) is 3.54. The Morgan fingerprint density at radius 1 is 1.29 bits per heavy atom. The van der Waals surface area contributed by atoms with E-state index in [0.717, 1.165) is 11.5 Å². The van der Waals surface area contributed by atoms with Crippen LogP contribution in [0.15, 0.2) is 29.6 Å². The monoisotopic (exact) mass is 350 g/mol. The predicted molar refractivity (Wildman–Crippen MR) is 88.9 cm³/mol. The molecule has 2 amide bonds. The second kappa shape index (κ2) is 7.48. The average molecular weight is 350 g/mol. The maximum absolute atomic E-state index is 13.9. The van der Waals surface area contributed by atoms with Gasteiger partial charge in [-0.05, 0) is 38.4 Å². The predicted octanol–water partition coefficient (Wildman–Crippen LogP) is 2.23. The summed E-state index contributed by atoms with van der Waals surface area (Å²) in [6.45, 7) is 5.32. The molecular weight excluding hydrogens is 331 g/mol. The smallest absolute Gasteiger partial charge is 0.276 e. The maximum Gasteiger partial charge on any atom is 0.276 e. The average Bonchev–Trinajstić information content (AvgIpc) is 3.00. The number of rotatable bonds is 5. The SMILES string of the molecule is CC(C)(C)NC(=O)CN(Cc1ccccc1F)C(=O)c1csnn1. The van der Waals surface area contributed by atoms with Gasteiger partial charge in [-0.25, -0.2) is 4.39 Å². The molecule has 0 saturated heterocycles. The van der Waals surface area contributed by atoms with Gasteiger partial charge in [0.1, 0.15) is 12.4 Å². The summed E-state index contributed by atoms with van der Waals surface area (Å²) < 4.78 is 17.6. The number of hydrogen-bond acceptors (Lipinski definition) is 5. The summed E-state index contributed by atoms with van der Waals surface area (Å²) in [6.07, 6.45) is 0. The lowest BCUT2D eigenvalue weighted by Gasteiger charge is -2.25. The highest BCUT2D eigenvalue weighted by Crippen LogP contribution is 2.13. The number of nitrogens with zero attached hydrogens (tertiary/aromatic N) is 3. The van der Waals surface area contributed by atoms with Crippen molar-refractivity contribution in [2.75, 3.05) is 6.54 Å². The lowest BCUT2D eigenvalue weighted by atomic mass is 10.1. The summed E-state index contributed by atoms with van der Waals surface area (Å²) in [7, 11) is 0. The minimum atomic E-state index is -0.462. The molecule has 2 rings (SSSR count). The summed E-state index contributed by atoms with van der Waals surface area (Å²) >= 11 is 1.04. The second-order valence-corrected chi connectivity index (χ2v) is 6.95. The molecule has 1 heterocycles. The van der Waals surface area contributed by atoms with Crippen molar-refractivity contribution in [3.8, 4) is 0 Å². The zero-order valence-electron chi connectivity index (χ0n) is 13.7. The van der Waals surface area contributed by atoms with Crippen molar-refractivity contribution in [2.24, 2.45) is 0 Å². The van der Waals surface area contributed by atoms with Crippen molar-refractivity contribution < 1.29 is 14.0 Å². The molecular formula is C16H19FN4O2S. The van der Waals surface area contributed by atoms with Gasteiger partial charge in [0.2, 0.25) is 5.91 Å². The van der Waals surface area contributed by atoms with Crippen LogP contribution >= 0.6 is 11.5 Å². The third kappa shape index (κ3) is 5.09. The number of carbonyl (C=O) groups is 2. The van der Waals surface area contributed by atoms with E-state index >= 15 is 0 Å². The van der Waals surface area contributed by atoms with E-state index in [9.17, 15) is 14.0 Å². The molecule has 0 aliphatic carbocycles. The molecule has 0 atom stereocenters. The van der Waals surface area contributed by atoms with Gasteiger partial charge in [-0.1, -0.05) is 22.7 Å². The molecule has 24 heavy (non-hydrogen) atoms. The number of halogens is 1. The molecule has 0 bridgehead atoms. The van der Waals surface area contributed by atoms with Gasteiger partial charge in [0.05, 0.1) is 0 Å². The standard InChI is InChI=1S/C16H19FN4O2S/c1-16(2,3)18-14(22)9-21(15(23)13-10-24-20-19-13)8-11-6-4-5-7-12(11)17/h4-7,10H,8-9H2,1-3H3,(H,18,22). The van der Waals surface area contributed by atoms with Crippen LogP contribution in [-0.4, -0.2) is 38.4 Å². The first kappa shape index (κ1) is 18.0. The molecule has 8 heteroatoms. The fourth-order valence-electron chi connectivity index (χ4n) is 2.08. The Hall–Kier alpha value is -2.35. The van der Waals surface area contributed by atoms with Crippen LogP contribution in [0.1, 0.15) is 36.8 Å². The van der Waals surface area contributed by atoms with Gasteiger partial charge in [0.15, 0.2) is 5.69 Å². The Balaban J connectivity index is 2.20. The number of benzene rings is 1.